The molecule has 1 saturated heterocycles. The van der Waals surface area contributed by atoms with E-state index in [1.54, 1.807) is 0 Å². The average molecular weight is 215 g/mol. The molecule has 16 heavy (non-hydrogen) atoms. The lowest BCUT2D eigenvalue weighted by molar-refractivity contribution is 0.570. The van der Waals surface area contributed by atoms with Crippen LogP contribution in [0.2, 0.25) is 0 Å². The molecule has 1 fully saturated rings. The number of nitrogens with zero attached hydrogens (tertiary/aromatic N) is 2. The Morgan fingerprint density at radius 2 is 2.06 bits per heavy atom. The largest absolute Gasteiger partial charge is 0.462 e. The van der Waals surface area contributed by atoms with E-state index in [9.17, 15) is 0 Å². The fourth-order valence-electron chi connectivity index (χ4n) is 2.22. The predicted octanol–water partition coefficient (Wildman–Crippen LogP) is 2.17. The predicted molar refractivity (Wildman–Crippen MR) is 65.0 cm³/mol. The van der Waals surface area contributed by atoms with Crippen LogP contribution in [0.25, 0.3) is 11.0 Å². The second-order valence-electron chi connectivity index (χ2n) is 4.28. The molecule has 1 aliphatic heterocycles. The molecule has 3 nitrogen and oxygen atoms in total. The second kappa shape index (κ2) is 3.83. The highest BCUT2D eigenvalue weighted by atomic mass is 16.3. The number of furan rings is 1. The van der Waals surface area contributed by atoms with Crippen LogP contribution in [0, 0.1) is 6.92 Å². The van der Waals surface area contributed by atoms with Crippen molar-refractivity contribution in [2.45, 2.75) is 6.92 Å². The van der Waals surface area contributed by atoms with E-state index in [2.05, 4.69) is 29.3 Å². The van der Waals surface area contributed by atoms with Crippen molar-refractivity contribution in [3.63, 3.8) is 0 Å². The molecule has 0 spiro atoms. The first-order valence-electron chi connectivity index (χ1n) is 5.71. The molecule has 0 saturated carbocycles. The number of benzene rings is 1. The molecular weight excluding hydrogens is 200 g/mol. The van der Waals surface area contributed by atoms with Gasteiger partial charge in [0.1, 0.15) is 11.8 Å². The molecule has 1 aliphatic rings. The van der Waals surface area contributed by atoms with Crippen molar-refractivity contribution in [1.29, 1.82) is 0 Å². The lowest BCUT2D eigenvalue weighted by Crippen LogP contribution is -2.40. The summed E-state index contributed by atoms with van der Waals surface area (Å²) in [4.78, 5) is 2.36. The van der Waals surface area contributed by atoms with Crippen molar-refractivity contribution < 1.29 is 4.42 Å². The van der Waals surface area contributed by atoms with E-state index in [0.717, 1.165) is 31.8 Å². The van der Waals surface area contributed by atoms with E-state index in [4.69, 9.17) is 4.42 Å². The van der Waals surface area contributed by atoms with Crippen LogP contribution in [0.5, 0.6) is 0 Å². The Balaban J connectivity index is 2.05. The molecule has 0 unspecified atom stereocenters. The molecule has 0 amide bonds. The Morgan fingerprint density at radius 1 is 1.25 bits per heavy atom. The standard InChI is InChI=1S/C13H15N2O/c1-10-2-3-13-11(8-10)12(9-16-13)15-6-4-14-5-7-15/h2-3,8-9H,4-7H2,1H3. The van der Waals surface area contributed by atoms with Crippen LogP contribution in [0.15, 0.2) is 28.9 Å². The molecule has 2 heterocycles. The average Bonchev–Trinajstić information content (AvgIpc) is 2.73. The first-order chi connectivity index (χ1) is 7.84. The van der Waals surface area contributed by atoms with Gasteiger partial charge in [-0.3, -0.25) is 0 Å². The summed E-state index contributed by atoms with van der Waals surface area (Å²) in [5.74, 6) is 0. The van der Waals surface area contributed by atoms with Gasteiger partial charge in [0.15, 0.2) is 0 Å². The Kier molecular flexibility index (Phi) is 2.33. The SMILES string of the molecule is Cc1ccc2occ(N3CC[N]CC3)c2c1. The third-order valence-electron chi connectivity index (χ3n) is 3.11. The van der Waals surface area contributed by atoms with Crippen molar-refractivity contribution in [2.75, 3.05) is 31.1 Å². The first kappa shape index (κ1) is 9.73. The number of hydrogen-bond acceptors (Lipinski definition) is 2. The van der Waals surface area contributed by atoms with Gasteiger partial charge in [0.05, 0.1) is 5.69 Å². The van der Waals surface area contributed by atoms with E-state index in [0.29, 0.717) is 0 Å². The van der Waals surface area contributed by atoms with Crippen LogP contribution in [0.1, 0.15) is 5.56 Å². The van der Waals surface area contributed by atoms with Gasteiger partial charge in [-0.15, -0.1) is 0 Å². The highest BCUT2D eigenvalue weighted by molar-refractivity contribution is 5.91. The van der Waals surface area contributed by atoms with E-state index in [-0.39, 0.29) is 0 Å². The van der Waals surface area contributed by atoms with E-state index < -0.39 is 0 Å². The fourth-order valence-corrected chi connectivity index (χ4v) is 2.22. The van der Waals surface area contributed by atoms with Gasteiger partial charge >= 0.3 is 0 Å². The number of anilines is 1. The van der Waals surface area contributed by atoms with Crippen LogP contribution in [-0.2, 0) is 0 Å². The smallest absolute Gasteiger partial charge is 0.136 e. The maximum Gasteiger partial charge on any atom is 0.136 e. The van der Waals surface area contributed by atoms with E-state index >= 15 is 0 Å². The summed E-state index contributed by atoms with van der Waals surface area (Å²) in [6, 6.07) is 6.32. The molecule has 83 valence electrons. The van der Waals surface area contributed by atoms with Crippen LogP contribution < -0.4 is 10.2 Å². The Labute approximate surface area is 95.0 Å². The highest BCUT2D eigenvalue weighted by Crippen LogP contribution is 2.29. The molecule has 0 bridgehead atoms. The molecule has 0 aliphatic carbocycles. The van der Waals surface area contributed by atoms with Crippen LogP contribution >= 0.6 is 0 Å². The van der Waals surface area contributed by atoms with Gasteiger partial charge in [-0.1, -0.05) is 11.6 Å². The number of rotatable bonds is 1. The van der Waals surface area contributed by atoms with Crippen molar-refractivity contribution in [2.24, 2.45) is 0 Å². The van der Waals surface area contributed by atoms with Crippen molar-refractivity contribution in [1.82, 2.24) is 5.32 Å². The summed E-state index contributed by atoms with van der Waals surface area (Å²) >= 11 is 0. The molecule has 2 aromatic rings. The van der Waals surface area contributed by atoms with Gasteiger partial charge < -0.3 is 9.32 Å². The number of fused-ring (bicyclic) bond motifs is 1. The summed E-state index contributed by atoms with van der Waals surface area (Å²) in [5, 5.41) is 5.59. The molecule has 0 atom stereocenters. The molecule has 1 aromatic carbocycles. The molecule has 1 aromatic heterocycles. The highest BCUT2D eigenvalue weighted by Gasteiger charge is 2.15. The zero-order chi connectivity index (χ0) is 11.0. The van der Waals surface area contributed by atoms with Gasteiger partial charge in [0.25, 0.3) is 0 Å². The zero-order valence-corrected chi connectivity index (χ0v) is 9.44. The topological polar surface area (TPSA) is 30.5 Å². The lowest BCUT2D eigenvalue weighted by atomic mass is 10.1. The minimum Gasteiger partial charge on any atom is -0.462 e. The van der Waals surface area contributed by atoms with Crippen molar-refractivity contribution in [3.8, 4) is 0 Å². The van der Waals surface area contributed by atoms with Gasteiger partial charge in [0, 0.05) is 31.6 Å². The van der Waals surface area contributed by atoms with Gasteiger partial charge in [-0.25, -0.2) is 5.32 Å². The Bertz CT molecular complexity index is 498. The van der Waals surface area contributed by atoms with Crippen molar-refractivity contribution in [3.05, 3.63) is 30.0 Å². The third-order valence-corrected chi connectivity index (χ3v) is 3.11. The summed E-state index contributed by atoms with van der Waals surface area (Å²) in [5.41, 5.74) is 3.47. The molecule has 3 heteroatoms. The summed E-state index contributed by atoms with van der Waals surface area (Å²) in [6.45, 7) is 5.98. The van der Waals surface area contributed by atoms with Crippen LogP contribution in [-0.4, -0.2) is 26.2 Å². The minimum atomic E-state index is 0.929. The third kappa shape index (κ3) is 1.57. The quantitative estimate of drug-likeness (QED) is 0.729. The molecule has 0 N–H and O–H groups in total. The fraction of sp³-hybridized carbons (Fsp3) is 0.385. The monoisotopic (exact) mass is 215 g/mol. The Hall–Kier alpha value is -1.48. The molecule has 3 rings (SSSR count). The number of piperazine rings is 1. The second-order valence-corrected chi connectivity index (χ2v) is 4.28. The van der Waals surface area contributed by atoms with Gasteiger partial charge in [0.2, 0.25) is 0 Å². The minimum absolute atomic E-state index is 0.929. The summed E-state index contributed by atoms with van der Waals surface area (Å²) < 4.78 is 5.58. The molecule has 1 radical (unpaired) electrons. The first-order valence-corrected chi connectivity index (χ1v) is 5.71. The van der Waals surface area contributed by atoms with Gasteiger partial charge in [-0.2, -0.15) is 0 Å². The molecular formula is C13H15N2O. The maximum atomic E-state index is 5.58. The van der Waals surface area contributed by atoms with Crippen LogP contribution in [0.3, 0.4) is 0 Å². The summed E-state index contributed by atoms with van der Waals surface area (Å²) in [6.07, 6.45) is 1.87. The summed E-state index contributed by atoms with van der Waals surface area (Å²) in [7, 11) is 0. The van der Waals surface area contributed by atoms with E-state index in [1.807, 2.05) is 12.3 Å². The Morgan fingerprint density at radius 3 is 2.88 bits per heavy atom. The zero-order valence-electron chi connectivity index (χ0n) is 9.44. The van der Waals surface area contributed by atoms with Gasteiger partial charge in [-0.05, 0) is 19.1 Å². The van der Waals surface area contributed by atoms with Crippen molar-refractivity contribution >= 4 is 16.7 Å². The number of aryl methyl sites for hydroxylation is 1. The van der Waals surface area contributed by atoms with E-state index in [1.165, 1.54) is 16.6 Å². The number of hydrogen-bond donors (Lipinski definition) is 0. The normalized spacial score (nSPS) is 16.9. The van der Waals surface area contributed by atoms with Crippen LogP contribution in [0.4, 0.5) is 5.69 Å². The lowest BCUT2D eigenvalue weighted by Gasteiger charge is -2.27. The maximum absolute atomic E-state index is 5.58.